The van der Waals surface area contributed by atoms with Crippen LogP contribution in [0.3, 0.4) is 0 Å². The molecule has 1 aromatic carbocycles. The highest BCUT2D eigenvalue weighted by atomic mass is 32.2. The van der Waals surface area contributed by atoms with Gasteiger partial charge in [0.05, 0.1) is 18.4 Å². The molecule has 9 heteroatoms. The van der Waals surface area contributed by atoms with E-state index in [-0.39, 0.29) is 35.5 Å². The zero-order chi connectivity index (χ0) is 24.3. The van der Waals surface area contributed by atoms with Gasteiger partial charge in [0, 0.05) is 18.2 Å². The summed E-state index contributed by atoms with van der Waals surface area (Å²) in [7, 11) is -4.07. The van der Waals surface area contributed by atoms with Gasteiger partial charge in [-0.25, -0.2) is 13.1 Å². The van der Waals surface area contributed by atoms with E-state index in [2.05, 4.69) is 18.6 Å². The molecule has 6 rings (SSSR count). The Labute approximate surface area is 203 Å². The standard InChI is InChI=1S/C25H37BN2O5S/c1-24(2)18-13-22(24)25(27)23(14-18)32-26(33-25)19(11-17-9-10-17)15-21(29)20(28-34(3,30)31)12-16-7-5-4-6-8-16/h4-8,17-20,22-23,28H,9-15,27H2,1-3H3/t18-,19+,20?,22-,23+,25-/m0/s1. The first kappa shape index (κ1) is 24.4. The molecule has 1 unspecified atom stereocenters. The molecule has 2 bridgehead atoms. The SMILES string of the molecule is CC1(C)[C@@H]2C[C@H]3OB([C@@H](CC(=O)C(Cc4ccccc4)NS(C)(=O)=O)CC4CC4)O[C@@]3(N)[C@H]1C2. The van der Waals surface area contributed by atoms with E-state index in [1.165, 1.54) is 0 Å². The van der Waals surface area contributed by atoms with Crippen LogP contribution in [-0.2, 0) is 30.5 Å². The van der Waals surface area contributed by atoms with Gasteiger partial charge in [0.2, 0.25) is 10.0 Å². The maximum atomic E-state index is 13.5. The Balaban J connectivity index is 1.32. The molecule has 1 saturated heterocycles. The number of sulfonamides is 1. The van der Waals surface area contributed by atoms with Gasteiger partial charge in [-0.15, -0.1) is 0 Å². The number of carbonyl (C=O) groups is 1. The van der Waals surface area contributed by atoms with Crippen LogP contribution in [0.2, 0.25) is 5.82 Å². The zero-order valence-electron chi connectivity index (χ0n) is 20.4. The third kappa shape index (κ3) is 4.74. The first-order chi connectivity index (χ1) is 16.0. The predicted molar refractivity (Wildman–Crippen MR) is 131 cm³/mol. The first-order valence-electron chi connectivity index (χ1n) is 12.6. The monoisotopic (exact) mass is 488 g/mol. The van der Waals surface area contributed by atoms with Gasteiger partial charge in [0.15, 0.2) is 5.78 Å². The van der Waals surface area contributed by atoms with E-state index in [1.54, 1.807) is 0 Å². The van der Waals surface area contributed by atoms with Crippen LogP contribution in [0.1, 0.15) is 57.9 Å². The number of hydrogen-bond acceptors (Lipinski definition) is 6. The molecule has 0 radical (unpaired) electrons. The third-order valence-electron chi connectivity index (χ3n) is 8.84. The lowest BCUT2D eigenvalue weighted by molar-refractivity contribution is -0.205. The lowest BCUT2D eigenvalue weighted by Crippen LogP contribution is -2.70. The maximum Gasteiger partial charge on any atom is 0.462 e. The zero-order valence-corrected chi connectivity index (χ0v) is 21.2. The first-order valence-corrected chi connectivity index (χ1v) is 14.5. The van der Waals surface area contributed by atoms with E-state index in [1.807, 2.05) is 30.3 Å². The van der Waals surface area contributed by atoms with Crippen molar-refractivity contribution in [2.45, 2.75) is 82.5 Å². The average Bonchev–Trinajstić information content (AvgIpc) is 3.49. The van der Waals surface area contributed by atoms with E-state index in [0.717, 1.165) is 43.9 Å². The molecule has 1 aromatic rings. The minimum absolute atomic E-state index is 0.127. The molecule has 6 atom stereocenters. The van der Waals surface area contributed by atoms with Crippen LogP contribution in [0.25, 0.3) is 0 Å². The largest absolute Gasteiger partial charge is 0.462 e. The topological polar surface area (TPSA) is 108 Å². The van der Waals surface area contributed by atoms with Crippen molar-refractivity contribution in [2.75, 3.05) is 6.26 Å². The molecule has 0 amide bonds. The van der Waals surface area contributed by atoms with Gasteiger partial charge in [-0.3, -0.25) is 4.79 Å². The maximum absolute atomic E-state index is 13.5. The summed E-state index contributed by atoms with van der Waals surface area (Å²) in [6.07, 6.45) is 6.60. The Bertz CT molecular complexity index is 1030. The van der Waals surface area contributed by atoms with Crippen molar-refractivity contribution in [3.63, 3.8) is 0 Å². The Kier molecular flexibility index (Phi) is 6.25. The molecule has 5 aliphatic rings. The smallest absolute Gasteiger partial charge is 0.404 e. The van der Waals surface area contributed by atoms with Gasteiger partial charge in [-0.05, 0) is 48.5 Å². The number of nitrogens with two attached hydrogens (primary N) is 1. The molecule has 1 heterocycles. The summed E-state index contributed by atoms with van der Waals surface area (Å²) in [6, 6.07) is 8.68. The van der Waals surface area contributed by atoms with Crippen LogP contribution < -0.4 is 10.5 Å². The number of hydrogen-bond donors (Lipinski definition) is 2. The van der Waals surface area contributed by atoms with Gasteiger partial charge < -0.3 is 15.0 Å². The molecule has 34 heavy (non-hydrogen) atoms. The molecule has 186 valence electrons. The van der Waals surface area contributed by atoms with Crippen LogP contribution in [0.5, 0.6) is 0 Å². The summed E-state index contributed by atoms with van der Waals surface area (Å²) < 4.78 is 39.6. The number of rotatable bonds is 10. The summed E-state index contributed by atoms with van der Waals surface area (Å²) in [5, 5.41) is 0. The number of nitrogens with one attached hydrogen (secondary N) is 1. The van der Waals surface area contributed by atoms with Crippen LogP contribution in [0.15, 0.2) is 30.3 Å². The predicted octanol–water partition coefficient (Wildman–Crippen LogP) is 2.90. The normalized spacial score (nSPS) is 33.6. The van der Waals surface area contributed by atoms with E-state index >= 15 is 0 Å². The van der Waals surface area contributed by atoms with Crippen molar-refractivity contribution in [2.24, 2.45) is 28.9 Å². The number of benzene rings is 1. The summed E-state index contributed by atoms with van der Waals surface area (Å²) in [5.41, 5.74) is 7.10. The van der Waals surface area contributed by atoms with E-state index < -0.39 is 28.9 Å². The summed E-state index contributed by atoms with van der Waals surface area (Å²) in [4.78, 5) is 13.5. The molecule has 0 aromatic heterocycles. The van der Waals surface area contributed by atoms with Crippen molar-refractivity contribution in [1.82, 2.24) is 4.72 Å². The molecular weight excluding hydrogens is 451 g/mol. The van der Waals surface area contributed by atoms with Crippen molar-refractivity contribution in [3.05, 3.63) is 35.9 Å². The second-order valence-corrected chi connectivity index (χ2v) is 13.5. The molecule has 5 fully saturated rings. The lowest BCUT2D eigenvalue weighted by Gasteiger charge is -2.64. The van der Waals surface area contributed by atoms with Crippen molar-refractivity contribution < 1.29 is 22.5 Å². The fraction of sp³-hybridized carbons (Fsp3) is 0.720. The minimum Gasteiger partial charge on any atom is -0.404 e. The van der Waals surface area contributed by atoms with Gasteiger partial charge in [0.25, 0.3) is 0 Å². The van der Waals surface area contributed by atoms with E-state index in [4.69, 9.17) is 15.0 Å². The Morgan fingerprint density at radius 1 is 1.24 bits per heavy atom. The Morgan fingerprint density at radius 2 is 1.94 bits per heavy atom. The molecule has 4 saturated carbocycles. The highest BCUT2D eigenvalue weighted by Crippen LogP contribution is 2.64. The fourth-order valence-corrected chi connectivity index (χ4v) is 7.30. The molecular formula is C25H37BN2O5S. The third-order valence-corrected chi connectivity index (χ3v) is 9.56. The quantitative estimate of drug-likeness (QED) is 0.491. The van der Waals surface area contributed by atoms with E-state index in [9.17, 15) is 13.2 Å². The lowest BCUT2D eigenvalue weighted by atomic mass is 9.45. The number of carbonyl (C=O) groups excluding carboxylic acids is 1. The van der Waals surface area contributed by atoms with Crippen LogP contribution >= 0.6 is 0 Å². The Hall–Kier alpha value is -1.26. The minimum atomic E-state index is -3.55. The summed E-state index contributed by atoms with van der Waals surface area (Å²) >= 11 is 0. The van der Waals surface area contributed by atoms with Crippen LogP contribution in [-0.4, -0.2) is 45.4 Å². The number of Topliss-reactive ketones (excluding diaryl/α,β-unsaturated/α-hetero) is 1. The van der Waals surface area contributed by atoms with Crippen molar-refractivity contribution >= 4 is 22.9 Å². The molecule has 0 spiro atoms. The highest BCUT2D eigenvalue weighted by molar-refractivity contribution is 7.88. The van der Waals surface area contributed by atoms with Gasteiger partial charge in [-0.2, -0.15) is 0 Å². The van der Waals surface area contributed by atoms with Gasteiger partial charge in [0.1, 0.15) is 5.72 Å². The summed E-state index contributed by atoms with van der Waals surface area (Å²) in [6.45, 7) is 4.53. The Morgan fingerprint density at radius 3 is 2.56 bits per heavy atom. The van der Waals surface area contributed by atoms with E-state index in [0.29, 0.717) is 18.3 Å². The van der Waals surface area contributed by atoms with Crippen molar-refractivity contribution in [3.8, 4) is 0 Å². The van der Waals surface area contributed by atoms with Crippen LogP contribution in [0, 0.1) is 23.2 Å². The molecule has 1 aliphatic heterocycles. The average molecular weight is 488 g/mol. The van der Waals surface area contributed by atoms with Crippen LogP contribution in [0.4, 0.5) is 0 Å². The number of ketones is 1. The van der Waals surface area contributed by atoms with Gasteiger partial charge >= 0.3 is 7.12 Å². The molecule has 3 N–H and O–H groups in total. The fourth-order valence-electron chi connectivity index (χ4n) is 6.57. The second-order valence-electron chi connectivity index (χ2n) is 11.7. The summed E-state index contributed by atoms with van der Waals surface area (Å²) in [5.74, 6) is 1.16. The second kappa shape index (κ2) is 8.70. The van der Waals surface area contributed by atoms with Crippen molar-refractivity contribution in [1.29, 1.82) is 0 Å². The molecule has 4 aliphatic carbocycles. The van der Waals surface area contributed by atoms with Gasteiger partial charge in [-0.1, -0.05) is 57.0 Å². The highest BCUT2D eigenvalue weighted by Gasteiger charge is 2.69. The molecule has 7 nitrogen and oxygen atoms in total.